The van der Waals surface area contributed by atoms with Crippen LogP contribution in [0.25, 0.3) is 11.0 Å². The Morgan fingerprint density at radius 1 is 0.864 bits per heavy atom. The van der Waals surface area contributed by atoms with Crippen molar-refractivity contribution >= 4 is 16.7 Å². The van der Waals surface area contributed by atoms with Gasteiger partial charge in [0.15, 0.2) is 5.58 Å². The summed E-state index contributed by atoms with van der Waals surface area (Å²) in [5.41, 5.74) is 2.22. The highest BCUT2D eigenvalue weighted by Gasteiger charge is 2.19. The predicted octanol–water partition coefficient (Wildman–Crippen LogP) is 3.39. The summed E-state index contributed by atoms with van der Waals surface area (Å²) < 4.78 is 11.1. The number of para-hydroxylation sites is 1. The Morgan fingerprint density at radius 2 is 1.77 bits per heavy atom. The molecule has 4 nitrogen and oxygen atoms in total. The molecule has 114 valence electrons. The highest BCUT2D eigenvalue weighted by atomic mass is 16.3. The summed E-state index contributed by atoms with van der Waals surface area (Å²) in [5.74, 6) is 1.07. The number of piperazine rings is 1. The lowest BCUT2D eigenvalue weighted by atomic mass is 10.2. The summed E-state index contributed by atoms with van der Waals surface area (Å²) in [5, 5.41) is 1.18. The largest absolute Gasteiger partial charge is 0.469 e. The summed E-state index contributed by atoms with van der Waals surface area (Å²) in [6.07, 6.45) is 4.51. The molecule has 1 fully saturated rings. The smallest absolute Gasteiger partial charge is 0.157 e. The number of hydrogen-bond donors (Lipinski definition) is 0. The minimum atomic E-state index is 0.987. The maximum Gasteiger partial charge on any atom is 0.157 e. The quantitative estimate of drug-likeness (QED) is 0.739. The first-order valence-corrected chi connectivity index (χ1v) is 7.86. The third-order valence-corrected chi connectivity index (χ3v) is 4.43. The highest BCUT2D eigenvalue weighted by Crippen LogP contribution is 2.28. The van der Waals surface area contributed by atoms with E-state index in [1.165, 1.54) is 11.1 Å². The Morgan fingerprint density at radius 3 is 2.59 bits per heavy atom. The molecule has 0 radical (unpaired) electrons. The molecule has 0 unspecified atom stereocenters. The van der Waals surface area contributed by atoms with Crippen LogP contribution in [0.1, 0.15) is 5.76 Å². The van der Waals surface area contributed by atoms with Gasteiger partial charge in [0.2, 0.25) is 0 Å². The van der Waals surface area contributed by atoms with Gasteiger partial charge in [-0.25, -0.2) is 0 Å². The van der Waals surface area contributed by atoms with Crippen LogP contribution < -0.4 is 4.90 Å². The Labute approximate surface area is 129 Å². The second kappa shape index (κ2) is 5.89. The third-order valence-electron chi connectivity index (χ3n) is 4.43. The van der Waals surface area contributed by atoms with Gasteiger partial charge in [-0.05, 0) is 24.3 Å². The van der Waals surface area contributed by atoms with Crippen molar-refractivity contribution in [1.82, 2.24) is 4.90 Å². The molecule has 1 saturated heterocycles. The first-order valence-electron chi connectivity index (χ1n) is 7.86. The molecule has 0 spiro atoms. The third kappa shape index (κ3) is 2.62. The van der Waals surface area contributed by atoms with Crippen LogP contribution in [0.5, 0.6) is 0 Å². The number of fused-ring (bicyclic) bond motifs is 1. The Kier molecular flexibility index (Phi) is 3.60. The van der Waals surface area contributed by atoms with Crippen molar-refractivity contribution in [3.63, 3.8) is 0 Å². The molecule has 4 heteroatoms. The van der Waals surface area contributed by atoms with Gasteiger partial charge in [-0.1, -0.05) is 12.1 Å². The van der Waals surface area contributed by atoms with Crippen molar-refractivity contribution in [2.75, 3.05) is 37.6 Å². The summed E-state index contributed by atoms with van der Waals surface area (Å²) in [7, 11) is 0. The maximum absolute atomic E-state index is 5.66. The molecule has 0 N–H and O–H groups in total. The summed E-state index contributed by atoms with van der Waals surface area (Å²) in [6, 6.07) is 12.4. The molecule has 0 atom stereocenters. The Bertz CT molecular complexity index is 724. The van der Waals surface area contributed by atoms with Crippen LogP contribution in [0.4, 0.5) is 5.69 Å². The number of benzene rings is 1. The molecule has 1 aromatic carbocycles. The van der Waals surface area contributed by atoms with Crippen molar-refractivity contribution in [2.24, 2.45) is 0 Å². The van der Waals surface area contributed by atoms with E-state index in [0.717, 1.165) is 50.5 Å². The lowest BCUT2D eigenvalue weighted by Gasteiger charge is -2.35. The van der Waals surface area contributed by atoms with Crippen molar-refractivity contribution in [3.05, 3.63) is 54.7 Å². The van der Waals surface area contributed by atoms with Gasteiger partial charge in [0, 0.05) is 44.5 Å². The molecular formula is C18H20N2O2. The monoisotopic (exact) mass is 296 g/mol. The van der Waals surface area contributed by atoms with E-state index in [2.05, 4.69) is 28.0 Å². The molecule has 4 rings (SSSR count). The molecule has 0 aliphatic carbocycles. The number of hydrogen-bond acceptors (Lipinski definition) is 4. The van der Waals surface area contributed by atoms with Crippen LogP contribution in [-0.4, -0.2) is 37.6 Å². The lowest BCUT2D eigenvalue weighted by Crippen LogP contribution is -2.47. The fourth-order valence-electron chi connectivity index (χ4n) is 3.16. The van der Waals surface area contributed by atoms with Crippen molar-refractivity contribution < 1.29 is 8.83 Å². The minimum absolute atomic E-state index is 0.987. The average Bonchev–Trinajstić information content (AvgIpc) is 3.24. The molecule has 0 amide bonds. The van der Waals surface area contributed by atoms with Crippen LogP contribution in [0.2, 0.25) is 0 Å². The van der Waals surface area contributed by atoms with Crippen molar-refractivity contribution in [1.29, 1.82) is 0 Å². The second-order valence-electron chi connectivity index (χ2n) is 5.77. The minimum Gasteiger partial charge on any atom is -0.469 e. The van der Waals surface area contributed by atoms with E-state index in [-0.39, 0.29) is 0 Å². The zero-order valence-electron chi connectivity index (χ0n) is 12.6. The van der Waals surface area contributed by atoms with Gasteiger partial charge in [-0.2, -0.15) is 0 Å². The number of anilines is 1. The van der Waals surface area contributed by atoms with Gasteiger partial charge in [-0.3, -0.25) is 4.90 Å². The standard InChI is InChI=1S/C18H20N2O2/c1-3-15-7-14-22-18(15)17(5-1)20-11-9-19(10-12-20)8-6-16-4-2-13-21-16/h1-5,7,13-14H,6,8-12H2. The topological polar surface area (TPSA) is 32.8 Å². The summed E-state index contributed by atoms with van der Waals surface area (Å²) in [4.78, 5) is 4.93. The molecular weight excluding hydrogens is 276 g/mol. The van der Waals surface area contributed by atoms with E-state index in [4.69, 9.17) is 8.83 Å². The van der Waals surface area contributed by atoms with Crippen molar-refractivity contribution in [2.45, 2.75) is 6.42 Å². The molecule has 3 heterocycles. The van der Waals surface area contributed by atoms with Crippen LogP contribution in [-0.2, 0) is 6.42 Å². The van der Waals surface area contributed by atoms with E-state index in [1.54, 1.807) is 12.5 Å². The number of nitrogens with zero attached hydrogens (tertiary/aromatic N) is 2. The van der Waals surface area contributed by atoms with Gasteiger partial charge >= 0.3 is 0 Å². The molecule has 2 aromatic heterocycles. The van der Waals surface area contributed by atoms with Crippen LogP contribution in [0, 0.1) is 0 Å². The van der Waals surface area contributed by atoms with Gasteiger partial charge < -0.3 is 13.7 Å². The van der Waals surface area contributed by atoms with Crippen LogP contribution >= 0.6 is 0 Å². The first-order chi connectivity index (χ1) is 10.9. The molecule has 1 aliphatic heterocycles. The number of rotatable bonds is 4. The zero-order chi connectivity index (χ0) is 14.8. The van der Waals surface area contributed by atoms with Crippen LogP contribution in [0.15, 0.2) is 57.8 Å². The highest BCUT2D eigenvalue weighted by molar-refractivity contribution is 5.89. The Hall–Kier alpha value is -2.20. The summed E-state index contributed by atoms with van der Waals surface area (Å²) >= 11 is 0. The molecule has 22 heavy (non-hydrogen) atoms. The van der Waals surface area contributed by atoms with E-state index >= 15 is 0 Å². The van der Waals surface area contributed by atoms with Gasteiger partial charge in [0.05, 0.1) is 18.2 Å². The Balaban J connectivity index is 1.38. The van der Waals surface area contributed by atoms with Gasteiger partial charge in [-0.15, -0.1) is 0 Å². The molecule has 3 aromatic rings. The van der Waals surface area contributed by atoms with E-state index in [1.807, 2.05) is 18.2 Å². The fraction of sp³-hybridized carbons (Fsp3) is 0.333. The van der Waals surface area contributed by atoms with Gasteiger partial charge in [0.25, 0.3) is 0 Å². The molecule has 0 bridgehead atoms. The second-order valence-corrected chi connectivity index (χ2v) is 5.77. The predicted molar refractivity (Wildman–Crippen MR) is 87.3 cm³/mol. The SMILES string of the molecule is c1coc(CCN2CCN(c3cccc4ccoc34)CC2)c1. The zero-order valence-corrected chi connectivity index (χ0v) is 12.6. The maximum atomic E-state index is 5.66. The normalized spacial score (nSPS) is 16.5. The first kappa shape index (κ1) is 13.5. The fourth-order valence-corrected chi connectivity index (χ4v) is 3.16. The van der Waals surface area contributed by atoms with Crippen LogP contribution in [0.3, 0.4) is 0 Å². The van der Waals surface area contributed by atoms with Crippen molar-refractivity contribution in [3.8, 4) is 0 Å². The van der Waals surface area contributed by atoms with Gasteiger partial charge in [0.1, 0.15) is 5.76 Å². The van der Waals surface area contributed by atoms with E-state index < -0.39 is 0 Å². The number of furan rings is 2. The van der Waals surface area contributed by atoms with E-state index in [0.29, 0.717) is 0 Å². The van der Waals surface area contributed by atoms with E-state index in [9.17, 15) is 0 Å². The molecule has 0 saturated carbocycles. The lowest BCUT2D eigenvalue weighted by molar-refractivity contribution is 0.255. The molecule has 1 aliphatic rings. The summed E-state index contributed by atoms with van der Waals surface area (Å²) in [6.45, 7) is 5.30. The average molecular weight is 296 g/mol.